The fraction of sp³-hybridized carbons (Fsp3) is 0.900. The smallest absolute Gasteiger partial charge is 0.222 e. The highest BCUT2D eigenvalue weighted by molar-refractivity contribution is 5.80. The topological polar surface area (TPSA) is 52.6 Å². The number of carbonyl (C=O) groups excluding carboxylic acids is 2. The maximum atomic E-state index is 12.3. The molecule has 0 aromatic rings. The lowest BCUT2D eigenvalue weighted by atomic mass is 10.0. The van der Waals surface area contributed by atoms with Crippen molar-refractivity contribution in [2.24, 2.45) is 5.92 Å². The normalized spacial score (nSPS) is 16.0. The summed E-state index contributed by atoms with van der Waals surface area (Å²) in [7, 11) is 0. The summed E-state index contributed by atoms with van der Waals surface area (Å²) in [6.07, 6.45) is 5.27. The summed E-state index contributed by atoms with van der Waals surface area (Å²) in [6, 6.07) is 0.554. The number of amides is 1. The fourth-order valence-corrected chi connectivity index (χ4v) is 3.11. The number of carbonyl (C=O) groups is 2. The van der Waals surface area contributed by atoms with Crippen molar-refractivity contribution in [2.75, 3.05) is 39.3 Å². The predicted molar refractivity (Wildman–Crippen MR) is 104 cm³/mol. The van der Waals surface area contributed by atoms with Gasteiger partial charge in [0.1, 0.15) is 5.78 Å². The Labute approximate surface area is 154 Å². The van der Waals surface area contributed by atoms with Crippen LogP contribution < -0.4 is 5.32 Å². The van der Waals surface area contributed by atoms with E-state index in [0.29, 0.717) is 24.7 Å². The summed E-state index contributed by atoms with van der Waals surface area (Å²) < 4.78 is 0. The molecule has 0 saturated carbocycles. The molecule has 1 rings (SSSR count). The lowest BCUT2D eigenvalue weighted by Gasteiger charge is -2.35. The minimum absolute atomic E-state index is 0.138. The molecule has 1 saturated heterocycles. The number of hydrogen-bond donors (Lipinski definition) is 1. The Morgan fingerprint density at radius 2 is 1.52 bits per heavy atom. The molecular formula is C20H39N3O2. The van der Waals surface area contributed by atoms with Gasteiger partial charge in [-0.15, -0.1) is 0 Å². The van der Waals surface area contributed by atoms with Crippen LogP contribution in [0.5, 0.6) is 0 Å². The second kappa shape index (κ2) is 12.4. The van der Waals surface area contributed by atoms with Crippen molar-refractivity contribution in [3.63, 3.8) is 0 Å². The summed E-state index contributed by atoms with van der Waals surface area (Å²) in [6.45, 7) is 14.1. The second-order valence-corrected chi connectivity index (χ2v) is 7.87. The first-order valence-electron chi connectivity index (χ1n) is 10.2. The van der Waals surface area contributed by atoms with Crippen molar-refractivity contribution >= 4 is 11.7 Å². The molecule has 5 nitrogen and oxygen atoms in total. The minimum atomic E-state index is 0.138. The minimum Gasteiger partial charge on any atom is -0.340 e. The van der Waals surface area contributed by atoms with Crippen LogP contribution >= 0.6 is 0 Å². The molecule has 0 aliphatic carbocycles. The largest absolute Gasteiger partial charge is 0.340 e. The Bertz CT molecular complexity index is 388. The van der Waals surface area contributed by atoms with Gasteiger partial charge in [0, 0.05) is 51.0 Å². The third-order valence-corrected chi connectivity index (χ3v) is 4.89. The Kier molecular flexibility index (Phi) is 11.0. The summed E-state index contributed by atoms with van der Waals surface area (Å²) >= 11 is 0. The Balaban J connectivity index is 2.06. The molecule has 0 unspecified atom stereocenters. The van der Waals surface area contributed by atoms with Crippen molar-refractivity contribution in [1.82, 2.24) is 15.1 Å². The molecule has 25 heavy (non-hydrogen) atoms. The van der Waals surface area contributed by atoms with Crippen molar-refractivity contribution in [3.8, 4) is 0 Å². The van der Waals surface area contributed by atoms with E-state index < -0.39 is 0 Å². The van der Waals surface area contributed by atoms with Gasteiger partial charge in [0.05, 0.1) is 0 Å². The van der Waals surface area contributed by atoms with Crippen LogP contribution in [0.4, 0.5) is 0 Å². The molecular weight excluding hydrogens is 314 g/mol. The maximum Gasteiger partial charge on any atom is 0.222 e. The van der Waals surface area contributed by atoms with Crippen LogP contribution in [0.15, 0.2) is 0 Å². The summed E-state index contributed by atoms with van der Waals surface area (Å²) in [5.74, 6) is 0.765. The van der Waals surface area contributed by atoms with Gasteiger partial charge in [-0.2, -0.15) is 0 Å². The van der Waals surface area contributed by atoms with Gasteiger partial charge in [-0.1, -0.05) is 34.1 Å². The molecule has 146 valence electrons. The van der Waals surface area contributed by atoms with Gasteiger partial charge in [0.15, 0.2) is 0 Å². The highest BCUT2D eigenvalue weighted by atomic mass is 16.2. The maximum absolute atomic E-state index is 12.3. The zero-order valence-corrected chi connectivity index (χ0v) is 16.9. The number of nitrogens with zero attached hydrogens (tertiary/aromatic N) is 2. The third kappa shape index (κ3) is 9.95. The molecule has 0 bridgehead atoms. The SMILES string of the molecule is CC(C)NCCCN1CCN(C(=O)CCCCCC(=O)C(C)C)CC1. The zero-order chi connectivity index (χ0) is 18.7. The molecule has 0 aromatic heterocycles. The van der Waals surface area contributed by atoms with Crippen LogP contribution in [-0.4, -0.2) is 66.8 Å². The first kappa shape index (κ1) is 22.1. The first-order valence-corrected chi connectivity index (χ1v) is 10.2. The molecule has 1 aliphatic heterocycles. The summed E-state index contributed by atoms with van der Waals surface area (Å²) in [5, 5.41) is 3.45. The molecule has 1 N–H and O–H groups in total. The summed E-state index contributed by atoms with van der Waals surface area (Å²) in [5.41, 5.74) is 0. The molecule has 1 amide bonds. The lowest BCUT2D eigenvalue weighted by molar-refractivity contribution is -0.133. The van der Waals surface area contributed by atoms with Gasteiger partial charge < -0.3 is 10.2 Å². The molecule has 0 atom stereocenters. The molecule has 0 radical (unpaired) electrons. The zero-order valence-electron chi connectivity index (χ0n) is 16.9. The van der Waals surface area contributed by atoms with Crippen molar-refractivity contribution in [3.05, 3.63) is 0 Å². The van der Waals surface area contributed by atoms with Gasteiger partial charge in [-0.05, 0) is 32.4 Å². The van der Waals surface area contributed by atoms with Gasteiger partial charge in [-0.3, -0.25) is 14.5 Å². The van der Waals surface area contributed by atoms with Crippen molar-refractivity contribution < 1.29 is 9.59 Å². The van der Waals surface area contributed by atoms with E-state index in [1.807, 2.05) is 18.7 Å². The number of nitrogens with one attached hydrogen (secondary N) is 1. The number of ketones is 1. The number of rotatable bonds is 12. The first-order chi connectivity index (χ1) is 11.9. The number of hydrogen-bond acceptors (Lipinski definition) is 4. The van der Waals surface area contributed by atoms with Crippen molar-refractivity contribution in [2.45, 2.75) is 72.3 Å². The van der Waals surface area contributed by atoms with Gasteiger partial charge in [-0.25, -0.2) is 0 Å². The van der Waals surface area contributed by atoms with E-state index in [2.05, 4.69) is 24.1 Å². The number of unbranched alkanes of at least 4 members (excludes halogenated alkanes) is 2. The van der Waals surface area contributed by atoms with Crippen LogP contribution in [0, 0.1) is 5.92 Å². The molecule has 1 heterocycles. The molecule has 5 heteroatoms. The highest BCUT2D eigenvalue weighted by Gasteiger charge is 2.20. The summed E-state index contributed by atoms with van der Waals surface area (Å²) in [4.78, 5) is 28.3. The van der Waals surface area contributed by atoms with Gasteiger partial charge in [0.25, 0.3) is 0 Å². The molecule has 0 aromatic carbocycles. The Morgan fingerprint density at radius 1 is 0.880 bits per heavy atom. The average Bonchev–Trinajstić information content (AvgIpc) is 2.58. The van der Waals surface area contributed by atoms with Crippen LogP contribution in [0.1, 0.15) is 66.2 Å². The standard InChI is InChI=1S/C20H39N3O2/c1-17(2)19(24)9-6-5-7-10-20(25)23-15-13-22(14-16-23)12-8-11-21-18(3)4/h17-18,21H,5-16H2,1-4H3. The molecule has 0 spiro atoms. The fourth-order valence-electron chi connectivity index (χ4n) is 3.11. The van der Waals surface area contributed by atoms with E-state index in [0.717, 1.165) is 58.5 Å². The van der Waals surface area contributed by atoms with Gasteiger partial charge >= 0.3 is 0 Å². The van der Waals surface area contributed by atoms with Crippen molar-refractivity contribution in [1.29, 1.82) is 0 Å². The van der Waals surface area contributed by atoms with Crippen LogP contribution in [0.3, 0.4) is 0 Å². The van der Waals surface area contributed by atoms with E-state index in [1.54, 1.807) is 0 Å². The number of piperazine rings is 1. The molecule has 1 fully saturated rings. The van der Waals surface area contributed by atoms with Crippen LogP contribution in [0.25, 0.3) is 0 Å². The lowest BCUT2D eigenvalue weighted by Crippen LogP contribution is -2.49. The second-order valence-electron chi connectivity index (χ2n) is 7.87. The van der Waals surface area contributed by atoms with E-state index >= 15 is 0 Å². The van der Waals surface area contributed by atoms with E-state index in [1.165, 1.54) is 6.42 Å². The van der Waals surface area contributed by atoms with Crippen LogP contribution in [0.2, 0.25) is 0 Å². The third-order valence-electron chi connectivity index (χ3n) is 4.89. The monoisotopic (exact) mass is 353 g/mol. The highest BCUT2D eigenvalue weighted by Crippen LogP contribution is 2.10. The van der Waals surface area contributed by atoms with Crippen LogP contribution in [-0.2, 0) is 9.59 Å². The van der Waals surface area contributed by atoms with Gasteiger partial charge in [0.2, 0.25) is 5.91 Å². The Hall–Kier alpha value is -0.940. The molecule has 1 aliphatic rings. The Morgan fingerprint density at radius 3 is 2.12 bits per heavy atom. The van der Waals surface area contributed by atoms with E-state index in [9.17, 15) is 9.59 Å². The van der Waals surface area contributed by atoms with E-state index in [4.69, 9.17) is 0 Å². The van der Waals surface area contributed by atoms with E-state index in [-0.39, 0.29) is 11.8 Å². The quantitative estimate of drug-likeness (QED) is 0.548. The predicted octanol–water partition coefficient (Wildman–Crippen LogP) is 2.69. The average molecular weight is 354 g/mol. The number of Topliss-reactive ketones (excluding diaryl/α,β-unsaturated/α-hetero) is 1.